The second kappa shape index (κ2) is 6.41. The van der Waals surface area contributed by atoms with Gasteiger partial charge in [0.15, 0.2) is 0 Å². The van der Waals surface area contributed by atoms with Gasteiger partial charge in [-0.15, -0.1) is 0 Å². The summed E-state index contributed by atoms with van der Waals surface area (Å²) in [4.78, 5) is 11.9. The predicted octanol–water partition coefficient (Wildman–Crippen LogP) is 4.21. The molecule has 0 aromatic heterocycles. The van der Waals surface area contributed by atoms with Gasteiger partial charge < -0.3 is 14.0 Å². The Bertz CT molecular complexity index is 591. The minimum atomic E-state index is -0.523. The first kappa shape index (κ1) is 18.8. The number of carbonyl (C=O) groups is 1. The largest absolute Gasteiger partial charge is 0.462 e. The quantitative estimate of drug-likeness (QED) is 0.842. The van der Waals surface area contributed by atoms with Gasteiger partial charge in [0.1, 0.15) is 5.60 Å². The summed E-state index contributed by atoms with van der Waals surface area (Å²) >= 11 is 0. The molecule has 0 unspecified atom stereocenters. The third-order valence-electron chi connectivity index (χ3n) is 4.28. The molecule has 24 heavy (non-hydrogen) atoms. The van der Waals surface area contributed by atoms with Crippen molar-refractivity contribution < 1.29 is 18.8 Å². The zero-order chi connectivity index (χ0) is 18.2. The van der Waals surface area contributed by atoms with E-state index in [4.69, 9.17) is 14.0 Å². The van der Waals surface area contributed by atoms with E-state index >= 15 is 0 Å². The number of hydrogen-bond donors (Lipinski definition) is 1. The van der Waals surface area contributed by atoms with Crippen molar-refractivity contribution in [2.24, 2.45) is 0 Å². The van der Waals surface area contributed by atoms with Crippen molar-refractivity contribution in [1.29, 1.82) is 0 Å². The third-order valence-corrected chi connectivity index (χ3v) is 4.28. The van der Waals surface area contributed by atoms with Crippen LogP contribution in [0.3, 0.4) is 0 Å². The molecule has 1 N–H and O–H groups in total. The molecule has 1 aliphatic rings. The van der Waals surface area contributed by atoms with Gasteiger partial charge in [0, 0.05) is 12.0 Å². The molecule has 6 heteroatoms. The summed E-state index contributed by atoms with van der Waals surface area (Å²) < 4.78 is 17.3. The molecule has 0 saturated carbocycles. The molecule has 1 amide bonds. The van der Waals surface area contributed by atoms with Crippen LogP contribution in [0.5, 0.6) is 0 Å². The number of benzene rings is 1. The molecule has 1 heterocycles. The highest BCUT2D eigenvalue weighted by molar-refractivity contribution is 6.45. The van der Waals surface area contributed by atoms with Crippen molar-refractivity contribution >= 4 is 18.9 Å². The molecule has 1 aliphatic heterocycles. The van der Waals surface area contributed by atoms with Crippen LogP contribution >= 0.6 is 0 Å². The smallest absolute Gasteiger partial charge is 0.444 e. The first-order chi connectivity index (χ1) is 10.9. The average molecular weight is 333 g/mol. The summed E-state index contributed by atoms with van der Waals surface area (Å²) in [7, 11) is -0.299. The van der Waals surface area contributed by atoms with Crippen LogP contribution in [0.2, 0.25) is 0 Å². The van der Waals surface area contributed by atoms with Gasteiger partial charge in [-0.2, -0.15) is 0 Å². The van der Waals surface area contributed by atoms with E-state index in [0.717, 1.165) is 5.56 Å². The van der Waals surface area contributed by atoms with E-state index in [1.54, 1.807) is 0 Å². The van der Waals surface area contributed by atoms with Crippen LogP contribution in [0.1, 0.15) is 54.0 Å². The SMILES string of the molecule is CC(C)(C)OC(=O)Nc1cccc(CB2OC(C)(C)C(C)(C)O2)c1. The van der Waals surface area contributed by atoms with Crippen molar-refractivity contribution in [2.45, 2.75) is 71.6 Å². The summed E-state index contributed by atoms with van der Waals surface area (Å²) in [6.07, 6.45) is 0.159. The molecular formula is C18H28BNO4. The normalized spacial score (nSPS) is 19.2. The molecule has 1 fully saturated rings. The fourth-order valence-corrected chi connectivity index (χ4v) is 2.44. The minimum Gasteiger partial charge on any atom is -0.444 e. The number of nitrogens with one attached hydrogen (secondary N) is 1. The van der Waals surface area contributed by atoms with E-state index in [2.05, 4.69) is 5.32 Å². The number of anilines is 1. The number of hydrogen-bond acceptors (Lipinski definition) is 4. The Morgan fingerprint density at radius 1 is 1.17 bits per heavy atom. The Balaban J connectivity index is 2.00. The van der Waals surface area contributed by atoms with Crippen LogP contribution in [0, 0.1) is 0 Å². The van der Waals surface area contributed by atoms with Crippen LogP contribution < -0.4 is 5.32 Å². The lowest BCUT2D eigenvalue weighted by molar-refractivity contribution is 0.00578. The van der Waals surface area contributed by atoms with E-state index in [-0.39, 0.29) is 18.3 Å². The zero-order valence-electron chi connectivity index (χ0n) is 15.7. The van der Waals surface area contributed by atoms with Crippen LogP contribution in [-0.2, 0) is 20.4 Å². The maximum atomic E-state index is 11.9. The third kappa shape index (κ3) is 4.74. The Hall–Kier alpha value is -1.53. The minimum absolute atomic E-state index is 0.299. The van der Waals surface area contributed by atoms with Crippen molar-refractivity contribution in [2.75, 3.05) is 5.32 Å². The molecule has 2 rings (SSSR count). The molecule has 0 spiro atoms. The monoisotopic (exact) mass is 333 g/mol. The maximum Gasteiger partial charge on any atom is 0.462 e. The van der Waals surface area contributed by atoms with Crippen LogP contribution in [-0.4, -0.2) is 30.0 Å². The lowest BCUT2D eigenvalue weighted by Gasteiger charge is -2.32. The highest BCUT2D eigenvalue weighted by atomic mass is 16.7. The number of ether oxygens (including phenoxy) is 1. The molecule has 0 radical (unpaired) electrons. The summed E-state index contributed by atoms with van der Waals surface area (Å²) in [5, 5.41) is 2.75. The van der Waals surface area contributed by atoms with E-state index in [1.807, 2.05) is 72.7 Å². The van der Waals surface area contributed by atoms with Crippen LogP contribution in [0.4, 0.5) is 10.5 Å². The van der Waals surface area contributed by atoms with Gasteiger partial charge in [-0.25, -0.2) is 4.79 Å². The van der Waals surface area contributed by atoms with Gasteiger partial charge in [-0.05, 0) is 66.2 Å². The van der Waals surface area contributed by atoms with E-state index in [1.165, 1.54) is 0 Å². The first-order valence-electron chi connectivity index (χ1n) is 8.33. The molecule has 132 valence electrons. The average Bonchev–Trinajstić information content (AvgIpc) is 2.54. The lowest BCUT2D eigenvalue weighted by Crippen LogP contribution is -2.41. The second-order valence-corrected chi connectivity index (χ2v) is 8.22. The van der Waals surface area contributed by atoms with Gasteiger partial charge >= 0.3 is 13.2 Å². The van der Waals surface area contributed by atoms with Gasteiger partial charge in [0.05, 0.1) is 11.2 Å². The van der Waals surface area contributed by atoms with E-state index in [0.29, 0.717) is 12.0 Å². The molecular weight excluding hydrogens is 305 g/mol. The Labute approximate surface area is 145 Å². The fourth-order valence-electron chi connectivity index (χ4n) is 2.44. The highest BCUT2D eigenvalue weighted by Crippen LogP contribution is 2.37. The number of carbonyl (C=O) groups excluding carboxylic acids is 1. The predicted molar refractivity (Wildman–Crippen MR) is 96.1 cm³/mol. The first-order valence-corrected chi connectivity index (χ1v) is 8.33. The van der Waals surface area contributed by atoms with Gasteiger partial charge in [0.2, 0.25) is 0 Å². The maximum absolute atomic E-state index is 11.9. The molecule has 1 aromatic carbocycles. The fraction of sp³-hybridized carbons (Fsp3) is 0.611. The Kier molecular flexibility index (Phi) is 5.02. The molecule has 5 nitrogen and oxygen atoms in total. The molecule has 0 atom stereocenters. The second-order valence-electron chi connectivity index (χ2n) is 8.22. The highest BCUT2D eigenvalue weighted by Gasteiger charge is 2.50. The molecule has 0 aliphatic carbocycles. The Morgan fingerprint density at radius 3 is 2.29 bits per heavy atom. The standard InChI is InChI=1S/C18H28BNO4/c1-16(2,3)22-15(21)20-14-10-8-9-13(11-14)12-19-23-17(4,5)18(6,7)24-19/h8-11H,12H2,1-7H3,(H,20,21). The van der Waals surface area contributed by atoms with Gasteiger partial charge in [-0.3, -0.25) is 5.32 Å². The van der Waals surface area contributed by atoms with E-state index < -0.39 is 11.7 Å². The summed E-state index contributed by atoms with van der Waals surface area (Å²) in [5.74, 6) is 0. The van der Waals surface area contributed by atoms with Gasteiger partial charge in [-0.1, -0.05) is 12.1 Å². The van der Waals surface area contributed by atoms with Crippen LogP contribution in [0.15, 0.2) is 24.3 Å². The van der Waals surface area contributed by atoms with Crippen LogP contribution in [0.25, 0.3) is 0 Å². The van der Waals surface area contributed by atoms with Crippen molar-refractivity contribution in [3.63, 3.8) is 0 Å². The van der Waals surface area contributed by atoms with Crippen molar-refractivity contribution in [1.82, 2.24) is 0 Å². The summed E-state index contributed by atoms with van der Waals surface area (Å²) in [5.41, 5.74) is 0.513. The van der Waals surface area contributed by atoms with E-state index in [9.17, 15) is 4.79 Å². The molecule has 1 aromatic rings. The van der Waals surface area contributed by atoms with Gasteiger partial charge in [0.25, 0.3) is 0 Å². The Morgan fingerprint density at radius 2 is 1.75 bits per heavy atom. The molecule has 0 bridgehead atoms. The number of rotatable bonds is 3. The summed E-state index contributed by atoms with van der Waals surface area (Å²) in [6, 6.07) is 7.63. The van der Waals surface area contributed by atoms with Crippen molar-refractivity contribution in [3.8, 4) is 0 Å². The zero-order valence-corrected chi connectivity index (χ0v) is 15.7. The number of amides is 1. The molecule has 1 saturated heterocycles. The lowest BCUT2D eigenvalue weighted by atomic mass is 9.81. The summed E-state index contributed by atoms with van der Waals surface area (Å²) in [6.45, 7) is 13.6. The topological polar surface area (TPSA) is 56.8 Å². The van der Waals surface area contributed by atoms with Crippen molar-refractivity contribution in [3.05, 3.63) is 29.8 Å².